The quantitative estimate of drug-likeness (QED) is 0.165. The molecule has 12 heteroatoms. The first-order valence-corrected chi connectivity index (χ1v) is 10.8. The van der Waals surface area contributed by atoms with Gasteiger partial charge in [-0.3, -0.25) is 0 Å². The van der Waals surface area contributed by atoms with Crippen molar-refractivity contribution in [3.63, 3.8) is 0 Å². The lowest BCUT2D eigenvalue weighted by Gasteiger charge is -2.14. The number of alkyl halides is 7. The highest BCUT2D eigenvalue weighted by Gasteiger charge is 2.34. The Labute approximate surface area is 196 Å². The highest BCUT2D eigenvalue weighted by Crippen LogP contribution is 2.37. The molecule has 4 rings (SSSR count). The molecule has 1 aromatic carbocycles. The van der Waals surface area contributed by atoms with Gasteiger partial charge in [0.15, 0.2) is 5.65 Å². The van der Waals surface area contributed by atoms with Crippen molar-refractivity contribution in [2.75, 3.05) is 5.32 Å². The van der Waals surface area contributed by atoms with Gasteiger partial charge in [0.1, 0.15) is 17.3 Å². The SMILES string of the molecule is FC(F)(F)c1ccc(Nc2nc(CI)nc3nc(-c4ccccc4C(F)(F)F)ccc23)cn1. The van der Waals surface area contributed by atoms with Crippen LogP contribution in [0.5, 0.6) is 0 Å². The summed E-state index contributed by atoms with van der Waals surface area (Å²) in [5, 5.41) is 3.28. The van der Waals surface area contributed by atoms with Gasteiger partial charge in [0, 0.05) is 5.56 Å². The molecule has 3 aromatic heterocycles. The van der Waals surface area contributed by atoms with E-state index < -0.39 is 23.6 Å². The third-order valence-corrected chi connectivity index (χ3v) is 5.23. The van der Waals surface area contributed by atoms with Crippen molar-refractivity contribution in [2.24, 2.45) is 0 Å². The molecule has 0 aliphatic heterocycles. The number of hydrogen-bond acceptors (Lipinski definition) is 5. The monoisotopic (exact) mass is 575 g/mol. The number of hydrogen-bond donors (Lipinski definition) is 1. The van der Waals surface area contributed by atoms with Crippen molar-refractivity contribution in [1.82, 2.24) is 19.9 Å². The van der Waals surface area contributed by atoms with Crippen LogP contribution in [0.2, 0.25) is 0 Å². The van der Waals surface area contributed by atoms with E-state index in [2.05, 4.69) is 25.3 Å². The van der Waals surface area contributed by atoms with Crippen molar-refractivity contribution >= 4 is 45.1 Å². The van der Waals surface area contributed by atoms with Gasteiger partial charge < -0.3 is 5.32 Å². The van der Waals surface area contributed by atoms with E-state index in [-0.39, 0.29) is 28.4 Å². The number of fused-ring (bicyclic) bond motifs is 1. The van der Waals surface area contributed by atoms with Crippen molar-refractivity contribution in [2.45, 2.75) is 16.8 Å². The lowest BCUT2D eigenvalue weighted by atomic mass is 10.0. The molecule has 0 bridgehead atoms. The Morgan fingerprint density at radius 1 is 0.818 bits per heavy atom. The van der Waals surface area contributed by atoms with Gasteiger partial charge >= 0.3 is 12.4 Å². The first-order chi connectivity index (χ1) is 15.6. The smallest absolute Gasteiger partial charge is 0.338 e. The highest BCUT2D eigenvalue weighted by molar-refractivity contribution is 14.1. The Hall–Kier alpha value is -3.03. The second kappa shape index (κ2) is 8.72. The van der Waals surface area contributed by atoms with Crippen molar-refractivity contribution in [3.8, 4) is 11.3 Å². The van der Waals surface area contributed by atoms with E-state index in [1.807, 2.05) is 22.6 Å². The number of nitrogens with zero attached hydrogens (tertiary/aromatic N) is 4. The molecule has 0 fully saturated rings. The second-order valence-electron chi connectivity index (χ2n) is 6.79. The zero-order chi connectivity index (χ0) is 23.8. The minimum Gasteiger partial charge on any atom is -0.338 e. The second-order valence-corrected chi connectivity index (χ2v) is 7.55. The maximum Gasteiger partial charge on any atom is 0.433 e. The van der Waals surface area contributed by atoms with E-state index in [4.69, 9.17) is 0 Å². The number of halogens is 7. The predicted molar refractivity (Wildman–Crippen MR) is 118 cm³/mol. The summed E-state index contributed by atoms with van der Waals surface area (Å²) < 4.78 is 78.9. The number of nitrogens with one attached hydrogen (secondary N) is 1. The van der Waals surface area contributed by atoms with Crippen molar-refractivity contribution in [1.29, 1.82) is 0 Å². The summed E-state index contributed by atoms with van der Waals surface area (Å²) in [5.41, 5.74) is -1.49. The highest BCUT2D eigenvalue weighted by atomic mass is 127. The fourth-order valence-corrected chi connectivity index (χ4v) is 3.43. The Morgan fingerprint density at radius 3 is 2.21 bits per heavy atom. The van der Waals surface area contributed by atoms with Gasteiger partial charge in [-0.05, 0) is 30.3 Å². The van der Waals surface area contributed by atoms with E-state index in [0.29, 0.717) is 15.6 Å². The average Bonchev–Trinajstić information content (AvgIpc) is 2.77. The van der Waals surface area contributed by atoms with E-state index in [1.54, 1.807) is 0 Å². The molecule has 5 nitrogen and oxygen atoms in total. The molecule has 4 aromatic rings. The summed E-state index contributed by atoms with van der Waals surface area (Å²) in [6.45, 7) is 0. The van der Waals surface area contributed by atoms with Gasteiger partial charge in [-0.2, -0.15) is 26.3 Å². The van der Waals surface area contributed by atoms with Crippen molar-refractivity contribution in [3.05, 3.63) is 71.8 Å². The van der Waals surface area contributed by atoms with Crippen LogP contribution in [0.25, 0.3) is 22.3 Å². The van der Waals surface area contributed by atoms with Gasteiger partial charge in [-0.15, -0.1) is 0 Å². The van der Waals surface area contributed by atoms with Crippen LogP contribution in [0.4, 0.5) is 37.8 Å². The lowest BCUT2D eigenvalue weighted by molar-refractivity contribution is -0.141. The molecule has 33 heavy (non-hydrogen) atoms. The number of pyridine rings is 2. The van der Waals surface area contributed by atoms with Crippen LogP contribution in [0.15, 0.2) is 54.7 Å². The minimum atomic E-state index is -4.57. The van der Waals surface area contributed by atoms with Gasteiger partial charge in [-0.1, -0.05) is 40.8 Å². The van der Waals surface area contributed by atoms with E-state index in [9.17, 15) is 26.3 Å². The molecule has 0 unspecified atom stereocenters. The lowest BCUT2D eigenvalue weighted by Crippen LogP contribution is -2.08. The zero-order valence-electron chi connectivity index (χ0n) is 16.3. The first kappa shape index (κ1) is 23.1. The molecule has 0 saturated carbocycles. The molecule has 0 amide bonds. The maximum absolute atomic E-state index is 13.4. The van der Waals surface area contributed by atoms with E-state index >= 15 is 0 Å². The largest absolute Gasteiger partial charge is 0.433 e. The molecule has 0 saturated heterocycles. The number of rotatable bonds is 4. The molecule has 0 spiro atoms. The first-order valence-electron chi connectivity index (χ1n) is 9.27. The van der Waals surface area contributed by atoms with Crippen LogP contribution >= 0.6 is 22.6 Å². The fraction of sp³-hybridized carbons (Fsp3) is 0.143. The summed E-state index contributed by atoms with van der Waals surface area (Å²) in [6, 6.07) is 10.0. The van der Waals surface area contributed by atoms with Crippen LogP contribution < -0.4 is 5.32 Å². The molecule has 0 aliphatic rings. The normalized spacial score (nSPS) is 12.2. The topological polar surface area (TPSA) is 63.6 Å². The predicted octanol–water partition coefficient (Wildman–Crippen LogP) is 6.80. The zero-order valence-corrected chi connectivity index (χ0v) is 18.5. The molecule has 0 atom stereocenters. The van der Waals surface area contributed by atoms with E-state index in [1.165, 1.54) is 36.4 Å². The standard InChI is InChI=1S/C21H12F6IN5/c22-20(23,24)14-4-2-1-3-12(14)15-7-6-13-18(32-17(9-28)33-19(13)31-15)30-11-5-8-16(29-10-11)21(25,26)27/h1-8,10H,9H2,(H,30,31,32,33). The van der Waals surface area contributed by atoms with Gasteiger partial charge in [0.2, 0.25) is 0 Å². The van der Waals surface area contributed by atoms with Crippen LogP contribution in [0.1, 0.15) is 17.1 Å². The molecule has 170 valence electrons. The van der Waals surface area contributed by atoms with Gasteiger partial charge in [-0.25, -0.2) is 19.9 Å². The summed E-state index contributed by atoms with van der Waals surface area (Å²) in [6.07, 6.45) is -8.11. The van der Waals surface area contributed by atoms with Crippen LogP contribution in [-0.2, 0) is 16.8 Å². The maximum atomic E-state index is 13.4. The molecular weight excluding hydrogens is 563 g/mol. The molecule has 0 radical (unpaired) electrons. The summed E-state index contributed by atoms with van der Waals surface area (Å²) in [4.78, 5) is 16.4. The molecule has 0 aliphatic carbocycles. The van der Waals surface area contributed by atoms with Crippen LogP contribution in [0.3, 0.4) is 0 Å². The summed E-state index contributed by atoms with van der Waals surface area (Å²) >= 11 is 2.02. The molecule has 1 N–H and O–H groups in total. The average molecular weight is 575 g/mol. The van der Waals surface area contributed by atoms with Crippen LogP contribution in [-0.4, -0.2) is 19.9 Å². The van der Waals surface area contributed by atoms with Gasteiger partial charge in [0.05, 0.1) is 33.0 Å². The number of benzene rings is 1. The Balaban J connectivity index is 1.77. The Morgan fingerprint density at radius 2 is 1.58 bits per heavy atom. The van der Waals surface area contributed by atoms with Gasteiger partial charge in [0.25, 0.3) is 0 Å². The number of aromatic nitrogens is 4. The minimum absolute atomic E-state index is 0.0793. The third-order valence-electron chi connectivity index (χ3n) is 4.55. The Bertz CT molecular complexity index is 1310. The number of anilines is 2. The van der Waals surface area contributed by atoms with Crippen LogP contribution in [0, 0.1) is 0 Å². The van der Waals surface area contributed by atoms with Crippen molar-refractivity contribution < 1.29 is 26.3 Å². The Kier molecular flexibility index (Phi) is 6.12. The third kappa shape index (κ3) is 4.99. The molecular formula is C21H12F6IN5. The summed E-state index contributed by atoms with van der Waals surface area (Å²) in [7, 11) is 0. The van der Waals surface area contributed by atoms with E-state index in [0.717, 1.165) is 18.3 Å². The fourth-order valence-electron chi connectivity index (χ4n) is 3.09. The summed E-state index contributed by atoms with van der Waals surface area (Å²) in [5.74, 6) is 0.593. The molecule has 3 heterocycles.